The number of urea groups is 1. The average Bonchev–Trinajstić information content (AvgIpc) is 2.88. The minimum Gasteiger partial charge on any atom is -0.507 e. The number of ether oxygens (including phenoxy) is 1. The molecular weight excluding hydrogens is 504 g/mol. The van der Waals surface area contributed by atoms with Crippen molar-refractivity contribution in [3.05, 3.63) is 23.8 Å². The van der Waals surface area contributed by atoms with Crippen LogP contribution in [-0.2, 0) is 4.79 Å². The highest BCUT2D eigenvalue weighted by Gasteiger charge is 2.51. The van der Waals surface area contributed by atoms with E-state index in [1.165, 1.54) is 31.4 Å². The fourth-order valence-corrected chi connectivity index (χ4v) is 6.97. The zero-order valence-corrected chi connectivity index (χ0v) is 22.0. The predicted octanol–water partition coefficient (Wildman–Crippen LogP) is 1.16. The third-order valence-electron chi connectivity index (χ3n) is 8.26. The van der Waals surface area contributed by atoms with E-state index in [9.17, 15) is 24.6 Å². The van der Waals surface area contributed by atoms with Crippen LogP contribution in [0, 0.1) is 17.8 Å². The number of nitrogens with one attached hydrogen (secondary N) is 5. The normalized spacial score (nSPS) is 27.5. The van der Waals surface area contributed by atoms with E-state index < -0.39 is 23.9 Å². The SMILES string of the molecule is O=C(N[C@@H](CNC(=O)c1ccc(OCCNC2=NCCCN2)cc1O)C(=O)O)NC12CC3CC(CC(C3)C1)C2. The molecule has 12 heteroatoms. The van der Waals surface area contributed by atoms with Crippen LogP contribution in [0.1, 0.15) is 55.3 Å². The van der Waals surface area contributed by atoms with E-state index in [2.05, 4.69) is 31.6 Å². The lowest BCUT2D eigenvalue weighted by Gasteiger charge is -2.56. The number of aromatic hydroxyl groups is 1. The number of rotatable bonds is 10. The number of hydrogen-bond donors (Lipinski definition) is 7. The van der Waals surface area contributed by atoms with Gasteiger partial charge in [0.1, 0.15) is 24.1 Å². The molecule has 1 aromatic carbocycles. The van der Waals surface area contributed by atoms with Crippen molar-refractivity contribution in [3.63, 3.8) is 0 Å². The number of phenolic OH excluding ortho intramolecular Hbond substituents is 1. The van der Waals surface area contributed by atoms with Crippen molar-refractivity contribution in [1.29, 1.82) is 0 Å². The summed E-state index contributed by atoms with van der Waals surface area (Å²) in [6, 6.07) is 2.45. The summed E-state index contributed by atoms with van der Waals surface area (Å²) in [7, 11) is 0. The second-order valence-electron chi connectivity index (χ2n) is 11.4. The number of carbonyl (C=O) groups is 3. The van der Waals surface area contributed by atoms with E-state index in [0.29, 0.717) is 36.7 Å². The van der Waals surface area contributed by atoms with Gasteiger partial charge in [0.05, 0.1) is 12.1 Å². The van der Waals surface area contributed by atoms with Crippen molar-refractivity contribution >= 4 is 23.9 Å². The van der Waals surface area contributed by atoms with Crippen LogP contribution in [0.3, 0.4) is 0 Å². The van der Waals surface area contributed by atoms with Gasteiger partial charge < -0.3 is 41.5 Å². The fourth-order valence-electron chi connectivity index (χ4n) is 6.97. The lowest BCUT2D eigenvalue weighted by Crippen LogP contribution is -2.63. The first-order valence-corrected chi connectivity index (χ1v) is 13.9. The molecule has 4 bridgehead atoms. The van der Waals surface area contributed by atoms with Gasteiger partial charge in [-0.25, -0.2) is 9.59 Å². The number of carboxylic acid groups (broad SMARTS) is 1. The summed E-state index contributed by atoms with van der Waals surface area (Å²) in [4.78, 5) is 41.6. The van der Waals surface area contributed by atoms with Gasteiger partial charge in [-0.1, -0.05) is 0 Å². The Balaban J connectivity index is 1.08. The molecule has 1 atom stereocenters. The Hall–Kier alpha value is -3.70. The molecule has 1 aromatic rings. The molecule has 1 aliphatic heterocycles. The zero-order valence-electron chi connectivity index (χ0n) is 22.0. The maximum absolute atomic E-state index is 12.8. The number of aliphatic carboxylic acids is 1. The first-order valence-electron chi connectivity index (χ1n) is 13.9. The van der Waals surface area contributed by atoms with Crippen LogP contribution in [0.5, 0.6) is 11.5 Å². The minimum atomic E-state index is -1.32. The van der Waals surface area contributed by atoms with Crippen LogP contribution in [-0.4, -0.2) is 78.4 Å². The molecule has 12 nitrogen and oxygen atoms in total. The van der Waals surface area contributed by atoms with Crippen LogP contribution in [0.25, 0.3) is 0 Å². The summed E-state index contributed by atoms with van der Waals surface area (Å²) in [6.45, 7) is 2.16. The molecule has 39 heavy (non-hydrogen) atoms. The smallest absolute Gasteiger partial charge is 0.328 e. The topological polar surface area (TPSA) is 173 Å². The summed E-state index contributed by atoms with van der Waals surface area (Å²) < 4.78 is 5.62. The zero-order chi connectivity index (χ0) is 27.4. The molecule has 7 N–H and O–H groups in total. The Kier molecular flexibility index (Phi) is 7.99. The highest BCUT2D eigenvalue weighted by Crippen LogP contribution is 2.55. The monoisotopic (exact) mass is 542 g/mol. The van der Waals surface area contributed by atoms with E-state index >= 15 is 0 Å². The maximum Gasteiger partial charge on any atom is 0.328 e. The molecule has 4 saturated carbocycles. The van der Waals surface area contributed by atoms with Gasteiger partial charge in [0.2, 0.25) is 0 Å². The van der Waals surface area contributed by atoms with Gasteiger partial charge in [-0.05, 0) is 74.8 Å². The number of aliphatic imine (C=N–C) groups is 1. The molecule has 6 rings (SSSR count). The highest BCUT2D eigenvalue weighted by molar-refractivity contribution is 5.97. The first kappa shape index (κ1) is 26.9. The molecular formula is C27H38N6O6. The largest absolute Gasteiger partial charge is 0.507 e. The van der Waals surface area contributed by atoms with Crippen molar-refractivity contribution in [1.82, 2.24) is 26.6 Å². The van der Waals surface area contributed by atoms with Crippen molar-refractivity contribution < 1.29 is 29.3 Å². The number of amides is 3. The first-order chi connectivity index (χ1) is 18.8. The quantitative estimate of drug-likeness (QED) is 0.216. The molecule has 0 radical (unpaired) electrons. The van der Waals surface area contributed by atoms with Gasteiger partial charge in [-0.15, -0.1) is 0 Å². The molecule has 5 aliphatic rings. The van der Waals surface area contributed by atoms with Crippen molar-refractivity contribution in [2.24, 2.45) is 22.7 Å². The molecule has 1 heterocycles. The fraction of sp³-hybridized carbons (Fsp3) is 0.630. The van der Waals surface area contributed by atoms with Crippen LogP contribution in [0.4, 0.5) is 4.79 Å². The molecule has 0 saturated heterocycles. The number of hydrogen-bond acceptors (Lipinski definition) is 8. The van der Waals surface area contributed by atoms with Crippen LogP contribution >= 0.6 is 0 Å². The third kappa shape index (κ3) is 6.66. The van der Waals surface area contributed by atoms with Crippen molar-refractivity contribution in [2.45, 2.75) is 56.5 Å². The molecule has 0 aromatic heterocycles. The van der Waals surface area contributed by atoms with E-state index in [1.807, 2.05) is 0 Å². The Morgan fingerprint density at radius 2 is 1.85 bits per heavy atom. The number of carbonyl (C=O) groups excluding carboxylic acids is 2. The van der Waals surface area contributed by atoms with E-state index in [4.69, 9.17) is 4.74 Å². The Bertz CT molecular complexity index is 1090. The molecule has 0 spiro atoms. The number of carboxylic acids is 1. The second kappa shape index (κ2) is 11.6. The van der Waals surface area contributed by atoms with Crippen LogP contribution in [0.2, 0.25) is 0 Å². The standard InChI is InChI=1S/C27H38N6O6/c34-22-11-19(39-7-6-30-25-28-4-1-5-29-25)2-3-20(22)23(35)31-15-21(24(36)37)32-26(38)33-27-12-16-8-17(13-27)10-18(9-16)14-27/h2-3,11,16-18,21,34H,1,4-10,12-15H2,(H,31,35)(H,36,37)(H2,28,29,30)(H2,32,33,38)/t16?,17?,18?,21-,27?/m0/s1. The molecule has 0 unspecified atom stereocenters. The van der Waals surface area contributed by atoms with E-state index in [0.717, 1.165) is 44.7 Å². The van der Waals surface area contributed by atoms with Crippen molar-refractivity contribution in [3.8, 4) is 11.5 Å². The van der Waals surface area contributed by atoms with Crippen LogP contribution < -0.4 is 31.3 Å². The number of benzene rings is 1. The summed E-state index contributed by atoms with van der Waals surface area (Å²) in [5.74, 6) is 0.831. The Morgan fingerprint density at radius 1 is 1.13 bits per heavy atom. The van der Waals surface area contributed by atoms with Gasteiger partial charge in [0.15, 0.2) is 5.96 Å². The van der Waals surface area contributed by atoms with Gasteiger partial charge in [-0.3, -0.25) is 9.79 Å². The van der Waals surface area contributed by atoms with Gasteiger partial charge in [0.25, 0.3) is 5.91 Å². The number of guanidine groups is 1. The third-order valence-corrected chi connectivity index (χ3v) is 8.26. The van der Waals surface area contributed by atoms with Gasteiger partial charge in [-0.2, -0.15) is 0 Å². The Morgan fingerprint density at radius 3 is 2.46 bits per heavy atom. The molecule has 4 aliphatic carbocycles. The number of nitrogens with zero attached hydrogens (tertiary/aromatic N) is 1. The lowest BCUT2D eigenvalue weighted by atomic mass is 9.53. The summed E-state index contributed by atoms with van der Waals surface area (Å²) in [6.07, 6.45) is 7.55. The predicted molar refractivity (Wildman–Crippen MR) is 143 cm³/mol. The van der Waals surface area contributed by atoms with Crippen molar-refractivity contribution in [2.75, 3.05) is 32.8 Å². The minimum absolute atomic E-state index is 0.0246. The Labute approximate surface area is 227 Å². The van der Waals surface area contributed by atoms with Gasteiger partial charge in [0, 0.05) is 31.2 Å². The summed E-state index contributed by atoms with van der Waals surface area (Å²) in [5.41, 5.74) is -0.277. The maximum atomic E-state index is 12.8. The second-order valence-corrected chi connectivity index (χ2v) is 11.4. The van der Waals surface area contributed by atoms with E-state index in [-0.39, 0.29) is 23.4 Å². The molecule has 4 fully saturated rings. The van der Waals surface area contributed by atoms with Crippen LogP contribution in [0.15, 0.2) is 23.2 Å². The molecule has 3 amide bonds. The summed E-state index contributed by atoms with van der Waals surface area (Å²) >= 11 is 0. The van der Waals surface area contributed by atoms with Gasteiger partial charge >= 0.3 is 12.0 Å². The highest BCUT2D eigenvalue weighted by atomic mass is 16.5. The lowest BCUT2D eigenvalue weighted by molar-refractivity contribution is -0.139. The number of phenols is 1. The average molecular weight is 543 g/mol. The molecule has 212 valence electrons. The summed E-state index contributed by atoms with van der Waals surface area (Å²) in [5, 5.41) is 34.4. The van der Waals surface area contributed by atoms with E-state index in [1.54, 1.807) is 6.07 Å².